The molecule has 2 heterocycles. The summed E-state index contributed by atoms with van der Waals surface area (Å²) in [5, 5.41) is 12.9. The number of hydrogen-bond donors (Lipinski definition) is 3. The molecule has 3 unspecified atom stereocenters. The Hall–Kier alpha value is -3.85. The number of H-pyrrole nitrogens is 1. The van der Waals surface area contributed by atoms with Crippen LogP contribution in [0.3, 0.4) is 0 Å². The van der Waals surface area contributed by atoms with Gasteiger partial charge in [0.2, 0.25) is 0 Å². The van der Waals surface area contributed by atoms with Crippen LogP contribution < -0.4 is 11.3 Å². The molecule has 4 aromatic rings. The number of benzene rings is 2. The maximum Gasteiger partial charge on any atom is 0.262 e. The van der Waals surface area contributed by atoms with Gasteiger partial charge in [0.05, 0.1) is 25.1 Å². The highest BCUT2D eigenvalue weighted by atomic mass is 19.1. The minimum absolute atomic E-state index is 0.104. The van der Waals surface area contributed by atoms with Gasteiger partial charge in [-0.15, -0.1) is 0 Å². The molecule has 8 nitrogen and oxygen atoms in total. The highest BCUT2D eigenvalue weighted by Crippen LogP contribution is 2.41. The zero-order chi connectivity index (χ0) is 24.5. The number of fused-ring (bicyclic) bond motifs is 1. The van der Waals surface area contributed by atoms with E-state index < -0.39 is 0 Å². The van der Waals surface area contributed by atoms with Gasteiger partial charge in [0, 0.05) is 11.8 Å². The fourth-order valence-corrected chi connectivity index (χ4v) is 4.60. The maximum absolute atomic E-state index is 13.5. The van der Waals surface area contributed by atoms with Crippen LogP contribution in [0.15, 0.2) is 59.4 Å². The number of nitrogens with two attached hydrogens (primary N) is 1. The lowest BCUT2D eigenvalue weighted by Gasteiger charge is -2.34. The lowest BCUT2D eigenvalue weighted by Crippen LogP contribution is -2.37. The Balaban J connectivity index is 1.54. The molecular formula is C26H27FN6O2. The third-order valence-electron chi connectivity index (χ3n) is 6.75. The molecule has 1 saturated carbocycles. The lowest BCUT2D eigenvalue weighted by atomic mass is 9.72. The number of aromatic amines is 1. The fourth-order valence-electron chi connectivity index (χ4n) is 4.60. The first kappa shape index (κ1) is 22.9. The number of amidine groups is 1. The number of aromatic nitrogens is 4. The van der Waals surface area contributed by atoms with Crippen LogP contribution in [-0.4, -0.2) is 25.6 Å². The van der Waals surface area contributed by atoms with Gasteiger partial charge in [0.25, 0.3) is 5.56 Å². The lowest BCUT2D eigenvalue weighted by molar-refractivity contribution is 0.105. The van der Waals surface area contributed by atoms with Crippen LogP contribution >= 0.6 is 0 Å². The Morgan fingerprint density at radius 2 is 1.94 bits per heavy atom. The van der Waals surface area contributed by atoms with Crippen LogP contribution in [-0.2, 0) is 18.0 Å². The zero-order valence-corrected chi connectivity index (χ0v) is 19.4. The fraction of sp³-hybridized carbons (Fsp3) is 0.308. The van der Waals surface area contributed by atoms with Gasteiger partial charge in [-0.25, -0.2) is 14.1 Å². The molecule has 0 radical (unpaired) electrons. The van der Waals surface area contributed by atoms with Crippen molar-refractivity contribution in [3.05, 3.63) is 93.4 Å². The SMILES string of the molecule is CC(c1ccc(F)cc1)n1nc(COCc2ccccc2)c2c(=O)[nH]c(C3CCC3C(=N)N)nc21. The van der Waals surface area contributed by atoms with Crippen LogP contribution in [0.5, 0.6) is 0 Å². The van der Waals surface area contributed by atoms with E-state index in [-0.39, 0.29) is 41.7 Å². The smallest absolute Gasteiger partial charge is 0.262 e. The average Bonchev–Trinajstić information content (AvgIpc) is 3.18. The zero-order valence-electron chi connectivity index (χ0n) is 19.4. The van der Waals surface area contributed by atoms with Crippen LogP contribution in [0.1, 0.15) is 54.4 Å². The Morgan fingerprint density at radius 1 is 1.20 bits per heavy atom. The number of hydrogen-bond acceptors (Lipinski definition) is 5. The molecule has 35 heavy (non-hydrogen) atoms. The van der Waals surface area contributed by atoms with E-state index in [0.29, 0.717) is 29.2 Å². The Morgan fingerprint density at radius 3 is 2.60 bits per heavy atom. The van der Waals surface area contributed by atoms with Gasteiger partial charge in [-0.3, -0.25) is 10.2 Å². The van der Waals surface area contributed by atoms with Crippen LogP contribution in [0.4, 0.5) is 4.39 Å². The molecular weight excluding hydrogens is 447 g/mol. The van der Waals surface area contributed by atoms with Crippen molar-refractivity contribution >= 4 is 16.9 Å². The maximum atomic E-state index is 13.5. The van der Waals surface area contributed by atoms with Gasteiger partial charge in [-0.2, -0.15) is 5.10 Å². The van der Waals surface area contributed by atoms with Crippen LogP contribution in [0.25, 0.3) is 11.0 Å². The number of nitrogens with zero attached hydrogens (tertiary/aromatic N) is 3. The summed E-state index contributed by atoms with van der Waals surface area (Å²) in [5.41, 5.74) is 8.23. The van der Waals surface area contributed by atoms with Crippen molar-refractivity contribution in [3.8, 4) is 0 Å². The predicted molar refractivity (Wildman–Crippen MR) is 131 cm³/mol. The van der Waals surface area contributed by atoms with Crippen molar-refractivity contribution in [1.82, 2.24) is 19.7 Å². The number of ether oxygens (including phenoxy) is 1. The minimum atomic E-state index is -0.321. The van der Waals surface area contributed by atoms with Crippen molar-refractivity contribution in [3.63, 3.8) is 0 Å². The number of rotatable bonds is 8. The first-order valence-electron chi connectivity index (χ1n) is 11.6. The van der Waals surface area contributed by atoms with Crippen molar-refractivity contribution in [2.75, 3.05) is 0 Å². The molecule has 3 atom stereocenters. The van der Waals surface area contributed by atoms with Gasteiger partial charge < -0.3 is 15.5 Å². The summed E-state index contributed by atoms with van der Waals surface area (Å²) in [4.78, 5) is 21.0. The average molecular weight is 475 g/mol. The summed E-state index contributed by atoms with van der Waals surface area (Å²) in [5.74, 6) is 0.0609. The second-order valence-corrected chi connectivity index (χ2v) is 8.99. The van der Waals surface area contributed by atoms with Crippen molar-refractivity contribution in [2.45, 2.75) is 44.9 Å². The molecule has 1 aliphatic rings. The van der Waals surface area contributed by atoms with E-state index in [9.17, 15) is 9.18 Å². The molecule has 0 bridgehead atoms. The molecule has 2 aromatic carbocycles. The number of halogens is 1. The first-order valence-corrected chi connectivity index (χ1v) is 11.6. The van der Waals surface area contributed by atoms with Crippen molar-refractivity contribution in [2.24, 2.45) is 11.7 Å². The van der Waals surface area contributed by atoms with E-state index in [1.165, 1.54) is 12.1 Å². The Bertz CT molecular complexity index is 1410. The molecule has 1 aliphatic carbocycles. The van der Waals surface area contributed by atoms with E-state index in [4.69, 9.17) is 26.0 Å². The molecule has 0 saturated heterocycles. The molecule has 2 aromatic heterocycles. The second kappa shape index (κ2) is 9.42. The van der Waals surface area contributed by atoms with Crippen molar-refractivity contribution < 1.29 is 9.13 Å². The third-order valence-corrected chi connectivity index (χ3v) is 6.75. The monoisotopic (exact) mass is 474 g/mol. The molecule has 0 aliphatic heterocycles. The second-order valence-electron chi connectivity index (χ2n) is 8.99. The highest BCUT2D eigenvalue weighted by Gasteiger charge is 2.37. The molecule has 4 N–H and O–H groups in total. The summed E-state index contributed by atoms with van der Waals surface area (Å²) in [6.07, 6.45) is 1.60. The third kappa shape index (κ3) is 4.46. The normalized spacial score (nSPS) is 18.3. The first-order chi connectivity index (χ1) is 16.9. The molecule has 1 fully saturated rings. The van der Waals surface area contributed by atoms with Gasteiger partial charge >= 0.3 is 0 Å². The highest BCUT2D eigenvalue weighted by molar-refractivity contribution is 5.82. The quantitative estimate of drug-likeness (QED) is 0.263. The van der Waals surface area contributed by atoms with E-state index in [1.807, 2.05) is 37.3 Å². The largest absolute Gasteiger partial charge is 0.387 e. The standard InChI is InChI=1S/C26H27FN6O2/c1-15(17-7-9-18(27)10-8-17)33-25-22(21(32-33)14-35-13-16-5-3-2-4-6-16)26(34)31-24(30-25)20-12-11-19(20)23(28)29/h2-10,15,19-20H,11-14H2,1H3,(H3,28,29)(H,30,31,34). The topological polar surface area (TPSA) is 123 Å². The predicted octanol–water partition coefficient (Wildman–Crippen LogP) is 4.01. The van der Waals surface area contributed by atoms with Gasteiger partial charge in [0.1, 0.15) is 22.7 Å². The molecule has 0 spiro atoms. The number of nitrogens with one attached hydrogen (secondary N) is 2. The van der Waals surface area contributed by atoms with Gasteiger partial charge in [-0.05, 0) is 43.0 Å². The summed E-state index contributed by atoms with van der Waals surface area (Å²) < 4.78 is 21.1. The summed E-state index contributed by atoms with van der Waals surface area (Å²) in [6, 6.07) is 15.7. The van der Waals surface area contributed by atoms with Crippen LogP contribution in [0, 0.1) is 17.1 Å². The molecule has 180 valence electrons. The van der Waals surface area contributed by atoms with E-state index in [1.54, 1.807) is 16.8 Å². The summed E-state index contributed by atoms with van der Waals surface area (Å²) >= 11 is 0. The molecule has 9 heteroatoms. The van der Waals surface area contributed by atoms with Gasteiger partial charge in [-0.1, -0.05) is 42.5 Å². The van der Waals surface area contributed by atoms with Crippen LogP contribution in [0.2, 0.25) is 0 Å². The summed E-state index contributed by atoms with van der Waals surface area (Å²) in [7, 11) is 0. The Labute approximate surface area is 201 Å². The van der Waals surface area contributed by atoms with Crippen molar-refractivity contribution in [1.29, 1.82) is 5.41 Å². The molecule has 0 amide bonds. The molecule has 5 rings (SSSR count). The minimum Gasteiger partial charge on any atom is -0.387 e. The van der Waals surface area contributed by atoms with E-state index in [2.05, 4.69) is 4.98 Å². The van der Waals surface area contributed by atoms with E-state index in [0.717, 1.165) is 24.0 Å². The van der Waals surface area contributed by atoms with E-state index >= 15 is 0 Å². The summed E-state index contributed by atoms with van der Waals surface area (Å²) in [6.45, 7) is 2.45. The Kier molecular flexibility index (Phi) is 6.17. The van der Waals surface area contributed by atoms with Gasteiger partial charge in [0.15, 0.2) is 5.65 Å².